The first-order valence-corrected chi connectivity index (χ1v) is 9.06. The summed E-state index contributed by atoms with van der Waals surface area (Å²) < 4.78 is 0. The van der Waals surface area contributed by atoms with Crippen molar-refractivity contribution in [3.63, 3.8) is 0 Å². The summed E-state index contributed by atoms with van der Waals surface area (Å²) in [6.07, 6.45) is 11.1. The predicted octanol–water partition coefficient (Wildman–Crippen LogP) is 4.76. The maximum atomic E-state index is 3.89. The molecule has 4 aliphatic rings. The summed E-state index contributed by atoms with van der Waals surface area (Å²) in [4.78, 5) is 0. The van der Waals surface area contributed by atoms with Crippen LogP contribution in [0.3, 0.4) is 0 Å². The van der Waals surface area contributed by atoms with Crippen LogP contribution in [0.5, 0.6) is 0 Å². The second kappa shape index (κ2) is 5.31. The van der Waals surface area contributed by atoms with E-state index in [4.69, 9.17) is 0 Å². The smallest absolute Gasteiger partial charge is 0.0248 e. The molecule has 1 heteroatoms. The molecule has 4 saturated carbocycles. The summed E-state index contributed by atoms with van der Waals surface area (Å²) in [6.45, 7) is 10.6. The van der Waals surface area contributed by atoms with E-state index in [0.717, 1.165) is 18.9 Å². The van der Waals surface area contributed by atoms with E-state index in [2.05, 4.69) is 37.9 Å². The molecular weight excluding hydrogens is 254 g/mol. The Bertz CT molecular complexity index is 436. The third-order valence-corrected chi connectivity index (χ3v) is 6.53. The van der Waals surface area contributed by atoms with Gasteiger partial charge in [-0.3, -0.25) is 0 Å². The molecule has 0 radical (unpaired) electrons. The Labute approximate surface area is 131 Å². The highest BCUT2D eigenvalue weighted by Crippen LogP contribution is 2.70. The van der Waals surface area contributed by atoms with Crippen LogP contribution >= 0.6 is 0 Å². The normalized spacial score (nSPS) is 45.2. The van der Waals surface area contributed by atoms with Crippen molar-refractivity contribution in [2.75, 3.05) is 6.54 Å². The van der Waals surface area contributed by atoms with Gasteiger partial charge >= 0.3 is 0 Å². The van der Waals surface area contributed by atoms with E-state index >= 15 is 0 Å². The SMILES string of the molecule is CC#CCC(NCCC)C12CC3CC(C)(CC(C)(C3)C1)C2. The zero-order valence-corrected chi connectivity index (χ0v) is 14.5. The largest absolute Gasteiger partial charge is 0.312 e. The van der Waals surface area contributed by atoms with Gasteiger partial charge in [0.05, 0.1) is 0 Å². The molecule has 0 saturated heterocycles. The van der Waals surface area contributed by atoms with Gasteiger partial charge in [-0.25, -0.2) is 0 Å². The highest BCUT2D eigenvalue weighted by Gasteiger charge is 2.61. The number of hydrogen-bond donors (Lipinski definition) is 1. The van der Waals surface area contributed by atoms with E-state index in [1.807, 2.05) is 6.92 Å². The lowest BCUT2D eigenvalue weighted by atomic mass is 9.39. The first kappa shape index (κ1) is 15.4. The summed E-state index contributed by atoms with van der Waals surface area (Å²) in [5.74, 6) is 7.51. The van der Waals surface area contributed by atoms with E-state index in [0.29, 0.717) is 22.3 Å². The molecule has 0 aromatic carbocycles. The van der Waals surface area contributed by atoms with Gasteiger partial charge in [0.25, 0.3) is 0 Å². The van der Waals surface area contributed by atoms with Crippen molar-refractivity contribution in [3.8, 4) is 11.8 Å². The van der Waals surface area contributed by atoms with Gasteiger partial charge < -0.3 is 5.32 Å². The molecule has 21 heavy (non-hydrogen) atoms. The molecule has 3 unspecified atom stereocenters. The number of hydrogen-bond acceptors (Lipinski definition) is 1. The fraction of sp³-hybridized carbons (Fsp3) is 0.900. The fourth-order valence-corrected chi connectivity index (χ4v) is 6.95. The van der Waals surface area contributed by atoms with Gasteiger partial charge in [-0.15, -0.1) is 11.8 Å². The van der Waals surface area contributed by atoms with Crippen molar-refractivity contribution in [3.05, 3.63) is 0 Å². The van der Waals surface area contributed by atoms with Gasteiger partial charge in [0.2, 0.25) is 0 Å². The highest BCUT2D eigenvalue weighted by atomic mass is 14.9. The molecule has 1 N–H and O–H groups in total. The number of nitrogens with one attached hydrogen (secondary N) is 1. The molecule has 0 spiro atoms. The molecule has 4 rings (SSSR count). The Morgan fingerprint density at radius 1 is 1.10 bits per heavy atom. The van der Waals surface area contributed by atoms with E-state index in [1.54, 1.807) is 0 Å². The third kappa shape index (κ3) is 2.77. The van der Waals surface area contributed by atoms with Gasteiger partial charge in [0.1, 0.15) is 0 Å². The predicted molar refractivity (Wildman–Crippen MR) is 90.0 cm³/mol. The Hall–Kier alpha value is -0.480. The minimum atomic E-state index is 0.530. The fourth-order valence-electron chi connectivity index (χ4n) is 6.95. The average molecular weight is 287 g/mol. The molecule has 0 aliphatic heterocycles. The maximum absolute atomic E-state index is 3.89. The second-order valence-corrected chi connectivity index (χ2v) is 9.13. The van der Waals surface area contributed by atoms with Gasteiger partial charge in [0, 0.05) is 12.5 Å². The summed E-state index contributed by atoms with van der Waals surface area (Å²) in [5.41, 5.74) is 1.75. The lowest BCUT2D eigenvalue weighted by Gasteiger charge is -2.67. The van der Waals surface area contributed by atoms with Gasteiger partial charge in [0.15, 0.2) is 0 Å². The molecule has 3 atom stereocenters. The lowest BCUT2D eigenvalue weighted by molar-refractivity contribution is -0.157. The molecule has 0 aromatic heterocycles. The zero-order valence-electron chi connectivity index (χ0n) is 14.5. The summed E-state index contributed by atoms with van der Waals surface area (Å²) in [7, 11) is 0. The first-order chi connectivity index (χ1) is 9.93. The van der Waals surface area contributed by atoms with Crippen LogP contribution < -0.4 is 5.32 Å². The molecule has 0 aromatic rings. The maximum Gasteiger partial charge on any atom is 0.0248 e. The van der Waals surface area contributed by atoms with Gasteiger partial charge in [-0.1, -0.05) is 20.8 Å². The molecule has 1 nitrogen and oxygen atoms in total. The number of rotatable bonds is 5. The van der Waals surface area contributed by atoms with Gasteiger partial charge in [-0.05, 0) is 80.6 Å². The van der Waals surface area contributed by atoms with Crippen LogP contribution in [0.15, 0.2) is 0 Å². The van der Waals surface area contributed by atoms with Crippen LogP contribution in [0.4, 0.5) is 0 Å². The quantitative estimate of drug-likeness (QED) is 0.719. The van der Waals surface area contributed by atoms with Crippen LogP contribution in [0.1, 0.15) is 79.1 Å². The van der Waals surface area contributed by atoms with E-state index in [1.165, 1.54) is 44.9 Å². The van der Waals surface area contributed by atoms with Crippen LogP contribution in [0.25, 0.3) is 0 Å². The Kier molecular flexibility index (Phi) is 3.90. The Balaban J connectivity index is 1.87. The van der Waals surface area contributed by atoms with Crippen molar-refractivity contribution >= 4 is 0 Å². The minimum Gasteiger partial charge on any atom is -0.312 e. The summed E-state index contributed by atoms with van der Waals surface area (Å²) >= 11 is 0. The highest BCUT2D eigenvalue weighted by molar-refractivity contribution is 5.15. The van der Waals surface area contributed by atoms with Crippen molar-refractivity contribution in [2.45, 2.75) is 85.1 Å². The Morgan fingerprint density at radius 3 is 2.29 bits per heavy atom. The van der Waals surface area contributed by atoms with Crippen LogP contribution in [0, 0.1) is 34.0 Å². The van der Waals surface area contributed by atoms with Crippen LogP contribution in [0.2, 0.25) is 0 Å². The Morgan fingerprint density at radius 2 is 1.76 bits per heavy atom. The van der Waals surface area contributed by atoms with E-state index < -0.39 is 0 Å². The molecular formula is C20H33N. The standard InChI is InChI=1S/C20H33N/c1-5-7-8-17(21-9-6-2)20-12-16-10-18(3,14-20)13-19(4,11-16)15-20/h16-17,21H,6,8-15H2,1-4H3. The van der Waals surface area contributed by atoms with Crippen molar-refractivity contribution in [1.82, 2.24) is 5.32 Å². The molecule has 4 fully saturated rings. The monoisotopic (exact) mass is 287 g/mol. The minimum absolute atomic E-state index is 0.530. The first-order valence-electron chi connectivity index (χ1n) is 9.06. The van der Waals surface area contributed by atoms with Gasteiger partial charge in [-0.2, -0.15) is 0 Å². The lowest BCUT2D eigenvalue weighted by Crippen LogP contribution is -2.61. The average Bonchev–Trinajstić information content (AvgIpc) is 2.34. The van der Waals surface area contributed by atoms with E-state index in [-0.39, 0.29) is 0 Å². The molecule has 4 bridgehead atoms. The van der Waals surface area contributed by atoms with Crippen LogP contribution in [-0.4, -0.2) is 12.6 Å². The molecule has 0 heterocycles. The van der Waals surface area contributed by atoms with Crippen molar-refractivity contribution in [1.29, 1.82) is 0 Å². The molecule has 4 aliphatic carbocycles. The topological polar surface area (TPSA) is 12.0 Å². The van der Waals surface area contributed by atoms with E-state index in [9.17, 15) is 0 Å². The third-order valence-electron chi connectivity index (χ3n) is 6.53. The second-order valence-electron chi connectivity index (χ2n) is 9.13. The molecule has 118 valence electrons. The summed E-state index contributed by atoms with van der Waals surface area (Å²) in [5, 5.41) is 3.89. The van der Waals surface area contributed by atoms with Crippen molar-refractivity contribution < 1.29 is 0 Å². The molecule has 0 amide bonds. The summed E-state index contributed by atoms with van der Waals surface area (Å²) in [6, 6.07) is 0.618. The van der Waals surface area contributed by atoms with Crippen LogP contribution in [-0.2, 0) is 0 Å². The zero-order chi connectivity index (χ0) is 15.1. The van der Waals surface area contributed by atoms with Crippen molar-refractivity contribution in [2.24, 2.45) is 22.2 Å².